The first-order chi connectivity index (χ1) is 7.54. The van der Waals surface area contributed by atoms with Gasteiger partial charge >= 0.3 is 0 Å². The van der Waals surface area contributed by atoms with Gasteiger partial charge in [-0.1, -0.05) is 0 Å². The zero-order chi connectivity index (χ0) is 12.1. The number of nitrogens with zero attached hydrogens (tertiary/aromatic N) is 2. The largest absolute Gasteiger partial charge is 0.335 e. The molecule has 2 N–H and O–H groups in total. The molecule has 7 heteroatoms. The standard InChI is InChI=1S/C9H13F2N3OS/c1-14(4-7(10)11)9(15)6-5-16-8(13-6)2-3-12/h5,7H,2-4,12H2,1H3. The normalized spacial score (nSPS) is 10.8. The fraction of sp³-hybridized carbons (Fsp3) is 0.556. The van der Waals surface area contributed by atoms with E-state index in [0.29, 0.717) is 13.0 Å². The number of hydrogen-bond donors (Lipinski definition) is 1. The van der Waals surface area contributed by atoms with Crippen molar-refractivity contribution < 1.29 is 13.6 Å². The molecule has 1 amide bonds. The Labute approximate surface area is 96.1 Å². The monoisotopic (exact) mass is 249 g/mol. The van der Waals surface area contributed by atoms with Gasteiger partial charge in [-0.25, -0.2) is 13.8 Å². The maximum Gasteiger partial charge on any atom is 0.273 e. The van der Waals surface area contributed by atoms with Gasteiger partial charge in [-0.2, -0.15) is 0 Å². The van der Waals surface area contributed by atoms with E-state index in [1.807, 2.05) is 0 Å². The second-order valence-electron chi connectivity index (χ2n) is 3.24. The van der Waals surface area contributed by atoms with E-state index in [9.17, 15) is 13.6 Å². The predicted octanol–water partition coefficient (Wildman–Crippen LogP) is 0.981. The van der Waals surface area contributed by atoms with Crippen molar-refractivity contribution in [2.45, 2.75) is 12.8 Å². The number of hydrogen-bond acceptors (Lipinski definition) is 4. The van der Waals surface area contributed by atoms with Gasteiger partial charge in [0.15, 0.2) is 0 Å². The number of halogens is 2. The molecule has 90 valence electrons. The van der Waals surface area contributed by atoms with Gasteiger partial charge in [-0.05, 0) is 6.54 Å². The van der Waals surface area contributed by atoms with Crippen molar-refractivity contribution in [3.63, 3.8) is 0 Å². The van der Waals surface area contributed by atoms with E-state index in [4.69, 9.17) is 5.73 Å². The Morgan fingerprint density at radius 2 is 2.38 bits per heavy atom. The van der Waals surface area contributed by atoms with Gasteiger partial charge in [0.1, 0.15) is 5.69 Å². The lowest BCUT2D eigenvalue weighted by molar-refractivity contribution is 0.0616. The van der Waals surface area contributed by atoms with Gasteiger partial charge in [-0.15, -0.1) is 11.3 Å². The summed E-state index contributed by atoms with van der Waals surface area (Å²) in [6.07, 6.45) is -1.94. The molecular weight excluding hydrogens is 236 g/mol. The Balaban J connectivity index is 2.64. The zero-order valence-corrected chi connectivity index (χ0v) is 9.64. The lowest BCUT2D eigenvalue weighted by atomic mass is 10.4. The molecule has 0 atom stereocenters. The highest BCUT2D eigenvalue weighted by molar-refractivity contribution is 7.09. The summed E-state index contributed by atoms with van der Waals surface area (Å²) < 4.78 is 24.1. The van der Waals surface area contributed by atoms with Crippen LogP contribution in [0.5, 0.6) is 0 Å². The van der Waals surface area contributed by atoms with E-state index in [-0.39, 0.29) is 5.69 Å². The lowest BCUT2D eigenvalue weighted by Gasteiger charge is -2.14. The average Bonchev–Trinajstić information content (AvgIpc) is 2.64. The lowest BCUT2D eigenvalue weighted by Crippen LogP contribution is -2.31. The van der Waals surface area contributed by atoms with Crippen molar-refractivity contribution in [2.75, 3.05) is 20.1 Å². The highest BCUT2D eigenvalue weighted by Gasteiger charge is 2.18. The van der Waals surface area contributed by atoms with Crippen LogP contribution in [-0.4, -0.2) is 42.4 Å². The average molecular weight is 249 g/mol. The topological polar surface area (TPSA) is 59.2 Å². The van der Waals surface area contributed by atoms with E-state index >= 15 is 0 Å². The summed E-state index contributed by atoms with van der Waals surface area (Å²) in [6.45, 7) is -0.128. The summed E-state index contributed by atoms with van der Waals surface area (Å²) >= 11 is 1.31. The number of nitrogens with two attached hydrogens (primary N) is 1. The Morgan fingerprint density at radius 1 is 1.69 bits per heavy atom. The number of rotatable bonds is 5. The number of carbonyl (C=O) groups excluding carboxylic acids is 1. The quantitative estimate of drug-likeness (QED) is 0.846. The van der Waals surface area contributed by atoms with E-state index in [2.05, 4.69) is 4.98 Å². The minimum absolute atomic E-state index is 0.205. The van der Waals surface area contributed by atoms with Crippen molar-refractivity contribution in [1.29, 1.82) is 0 Å². The van der Waals surface area contributed by atoms with Gasteiger partial charge in [0.2, 0.25) is 0 Å². The number of alkyl halides is 2. The molecule has 1 rings (SSSR count). The van der Waals surface area contributed by atoms with Crippen LogP contribution in [0.15, 0.2) is 5.38 Å². The van der Waals surface area contributed by atoms with E-state index in [0.717, 1.165) is 9.91 Å². The highest BCUT2D eigenvalue weighted by atomic mass is 32.1. The molecule has 0 aliphatic heterocycles. The third-order valence-electron chi connectivity index (χ3n) is 1.89. The smallest absolute Gasteiger partial charge is 0.273 e. The number of aromatic nitrogens is 1. The summed E-state index contributed by atoms with van der Waals surface area (Å²) in [5, 5.41) is 2.31. The van der Waals surface area contributed by atoms with Crippen LogP contribution >= 0.6 is 11.3 Å². The SMILES string of the molecule is CN(CC(F)F)C(=O)c1csc(CCN)n1. The Hall–Kier alpha value is -1.08. The number of carbonyl (C=O) groups is 1. The highest BCUT2D eigenvalue weighted by Crippen LogP contribution is 2.12. The van der Waals surface area contributed by atoms with Crippen molar-refractivity contribution in [3.05, 3.63) is 16.1 Å². The zero-order valence-electron chi connectivity index (χ0n) is 8.82. The summed E-state index contributed by atoms with van der Waals surface area (Å²) in [4.78, 5) is 16.6. The van der Waals surface area contributed by atoms with Crippen LogP contribution in [-0.2, 0) is 6.42 Å². The summed E-state index contributed by atoms with van der Waals surface area (Å²) in [5.41, 5.74) is 5.55. The van der Waals surface area contributed by atoms with E-state index in [1.165, 1.54) is 18.4 Å². The molecular formula is C9H13F2N3OS. The first-order valence-corrected chi connectivity index (χ1v) is 5.60. The van der Waals surface area contributed by atoms with Gasteiger partial charge < -0.3 is 10.6 Å². The van der Waals surface area contributed by atoms with Gasteiger partial charge in [0.25, 0.3) is 12.3 Å². The van der Waals surface area contributed by atoms with E-state index < -0.39 is 18.9 Å². The molecule has 0 saturated heterocycles. The molecule has 0 radical (unpaired) electrons. The van der Waals surface area contributed by atoms with Gasteiger partial charge in [0.05, 0.1) is 11.6 Å². The molecule has 0 aliphatic carbocycles. The summed E-state index contributed by atoms with van der Waals surface area (Å²) in [6, 6.07) is 0. The summed E-state index contributed by atoms with van der Waals surface area (Å²) in [5.74, 6) is -0.486. The van der Waals surface area contributed by atoms with Crippen molar-refractivity contribution in [1.82, 2.24) is 9.88 Å². The Morgan fingerprint density at radius 3 is 2.94 bits per heavy atom. The van der Waals surface area contributed by atoms with Crippen LogP contribution in [0, 0.1) is 0 Å². The Bertz CT molecular complexity index is 356. The number of thiazole rings is 1. The first-order valence-electron chi connectivity index (χ1n) is 4.72. The number of amides is 1. The molecule has 0 fully saturated rings. The second kappa shape index (κ2) is 5.86. The minimum Gasteiger partial charge on any atom is -0.335 e. The molecule has 0 unspecified atom stereocenters. The maximum absolute atomic E-state index is 12.1. The van der Waals surface area contributed by atoms with Crippen LogP contribution in [0.1, 0.15) is 15.5 Å². The first kappa shape index (κ1) is 13.0. The minimum atomic E-state index is -2.53. The predicted molar refractivity (Wildman–Crippen MR) is 57.8 cm³/mol. The van der Waals surface area contributed by atoms with Crippen molar-refractivity contribution >= 4 is 17.2 Å². The van der Waals surface area contributed by atoms with Crippen LogP contribution in [0.25, 0.3) is 0 Å². The van der Waals surface area contributed by atoms with Crippen LogP contribution in [0.4, 0.5) is 8.78 Å². The van der Waals surface area contributed by atoms with Crippen molar-refractivity contribution in [2.24, 2.45) is 5.73 Å². The Kier molecular flexibility index (Phi) is 4.75. The summed E-state index contributed by atoms with van der Waals surface area (Å²) in [7, 11) is 1.33. The second-order valence-corrected chi connectivity index (χ2v) is 4.18. The molecule has 0 spiro atoms. The van der Waals surface area contributed by atoms with Gasteiger partial charge in [0, 0.05) is 18.8 Å². The van der Waals surface area contributed by atoms with E-state index in [1.54, 1.807) is 5.38 Å². The molecule has 0 aromatic carbocycles. The molecule has 0 bridgehead atoms. The molecule has 0 aliphatic rings. The molecule has 0 saturated carbocycles. The molecule has 1 aromatic rings. The molecule has 16 heavy (non-hydrogen) atoms. The van der Waals surface area contributed by atoms with Crippen LogP contribution in [0.2, 0.25) is 0 Å². The molecule has 4 nitrogen and oxygen atoms in total. The molecule has 1 heterocycles. The fourth-order valence-corrected chi connectivity index (χ4v) is 1.92. The van der Waals surface area contributed by atoms with Gasteiger partial charge in [-0.3, -0.25) is 4.79 Å². The third kappa shape index (κ3) is 3.49. The molecule has 1 aromatic heterocycles. The third-order valence-corrected chi connectivity index (χ3v) is 2.80. The maximum atomic E-state index is 12.1. The van der Waals surface area contributed by atoms with Crippen molar-refractivity contribution in [3.8, 4) is 0 Å². The van der Waals surface area contributed by atoms with Crippen LogP contribution in [0.3, 0.4) is 0 Å². The fourth-order valence-electron chi connectivity index (χ4n) is 1.13. The van der Waals surface area contributed by atoms with Crippen LogP contribution < -0.4 is 5.73 Å².